The van der Waals surface area contributed by atoms with Crippen LogP contribution in [0.4, 0.5) is 0 Å². The van der Waals surface area contributed by atoms with E-state index in [1.54, 1.807) is 0 Å². The minimum atomic E-state index is 0.619. The standard InChI is InChI=1S/C4H8O2/c1-3-6-4-5-2/h3H2,1-2H3. The molecular formula is C4H8O2. The van der Waals surface area contributed by atoms with Crippen molar-refractivity contribution in [3.8, 4) is 0 Å². The summed E-state index contributed by atoms with van der Waals surface area (Å²) in [6, 6.07) is 0. The fraction of sp³-hybridized carbons (Fsp3) is 0.750. The van der Waals surface area contributed by atoms with Crippen LogP contribution in [0.5, 0.6) is 0 Å². The first-order valence-corrected chi connectivity index (χ1v) is 1.81. The van der Waals surface area contributed by atoms with E-state index in [1.165, 1.54) is 7.11 Å². The van der Waals surface area contributed by atoms with Crippen LogP contribution in [-0.2, 0) is 9.47 Å². The summed E-state index contributed by atoms with van der Waals surface area (Å²) in [5, 5.41) is 0. The number of ether oxygens (including phenoxy) is 2. The maximum atomic E-state index is 4.51. The fourth-order valence-electron chi connectivity index (χ4n) is 0.118. The molecule has 0 aliphatic heterocycles. The van der Waals surface area contributed by atoms with Crippen LogP contribution in [-0.4, -0.2) is 13.7 Å². The van der Waals surface area contributed by atoms with Crippen molar-refractivity contribution < 1.29 is 9.47 Å². The van der Waals surface area contributed by atoms with Crippen molar-refractivity contribution in [3.63, 3.8) is 0 Å². The summed E-state index contributed by atoms with van der Waals surface area (Å²) in [5.74, 6) is 0. The zero-order valence-electron chi connectivity index (χ0n) is 4.02. The first-order valence-electron chi connectivity index (χ1n) is 1.81. The molecule has 0 atom stereocenters. The van der Waals surface area contributed by atoms with Crippen molar-refractivity contribution in [2.24, 2.45) is 0 Å². The van der Waals surface area contributed by atoms with Gasteiger partial charge in [-0.15, -0.1) is 0 Å². The van der Waals surface area contributed by atoms with E-state index in [1.807, 2.05) is 6.92 Å². The monoisotopic (exact) mass is 88.1 g/mol. The first-order chi connectivity index (χ1) is 2.91. The SMILES string of the molecule is CCO[C]OC. The molecule has 0 aliphatic carbocycles. The van der Waals surface area contributed by atoms with Gasteiger partial charge in [-0.05, 0) is 6.92 Å². The Bertz CT molecular complexity index is 17.5. The van der Waals surface area contributed by atoms with E-state index < -0.39 is 0 Å². The average molecular weight is 88.1 g/mol. The van der Waals surface area contributed by atoms with E-state index in [0.29, 0.717) is 6.61 Å². The summed E-state index contributed by atoms with van der Waals surface area (Å²) in [4.78, 5) is 0. The third kappa shape index (κ3) is 3.92. The summed E-state index contributed by atoms with van der Waals surface area (Å²) in [6.45, 7) is 4.68. The van der Waals surface area contributed by atoms with Crippen molar-refractivity contribution in [1.82, 2.24) is 0 Å². The molecule has 2 radical (unpaired) electrons. The van der Waals surface area contributed by atoms with Gasteiger partial charge in [0.1, 0.15) is 0 Å². The molecule has 0 unspecified atom stereocenters. The molecule has 0 rings (SSSR count). The molecule has 0 saturated carbocycles. The summed E-state index contributed by atoms with van der Waals surface area (Å²) < 4.78 is 8.82. The van der Waals surface area contributed by atoms with E-state index in [2.05, 4.69) is 16.3 Å². The Morgan fingerprint density at radius 1 is 1.67 bits per heavy atom. The smallest absolute Gasteiger partial charge is 0.291 e. The average Bonchev–Trinajstić information content (AvgIpc) is 1.61. The molecule has 36 valence electrons. The van der Waals surface area contributed by atoms with E-state index in [0.717, 1.165) is 0 Å². The van der Waals surface area contributed by atoms with Gasteiger partial charge in [0.05, 0.1) is 0 Å². The third-order valence-corrected chi connectivity index (χ3v) is 0.287. The molecule has 0 spiro atoms. The topological polar surface area (TPSA) is 18.5 Å². The zero-order chi connectivity index (χ0) is 4.83. The highest BCUT2D eigenvalue weighted by Gasteiger charge is 1.76. The molecule has 0 saturated heterocycles. The number of hydrogen-bond donors (Lipinski definition) is 0. The summed E-state index contributed by atoms with van der Waals surface area (Å²) in [7, 11) is 1.50. The predicted octanol–water partition coefficient (Wildman–Crippen LogP) is 0.666. The summed E-state index contributed by atoms with van der Waals surface area (Å²) >= 11 is 0. The van der Waals surface area contributed by atoms with Crippen molar-refractivity contribution in [2.45, 2.75) is 6.92 Å². The lowest BCUT2D eigenvalue weighted by Gasteiger charge is -1.89. The van der Waals surface area contributed by atoms with E-state index >= 15 is 0 Å². The van der Waals surface area contributed by atoms with Gasteiger partial charge < -0.3 is 9.47 Å². The van der Waals surface area contributed by atoms with Crippen molar-refractivity contribution >= 4 is 0 Å². The lowest BCUT2D eigenvalue weighted by atomic mass is 10.9. The minimum absolute atomic E-state index is 0.619. The van der Waals surface area contributed by atoms with Crippen LogP contribution >= 0.6 is 0 Å². The predicted molar refractivity (Wildman–Crippen MR) is 21.9 cm³/mol. The minimum Gasteiger partial charge on any atom is -0.344 e. The molecule has 0 aromatic rings. The van der Waals surface area contributed by atoms with Crippen LogP contribution in [0.1, 0.15) is 6.92 Å². The molecule has 0 bridgehead atoms. The summed E-state index contributed by atoms with van der Waals surface area (Å²) in [5.41, 5.74) is 0. The Kier molecular flexibility index (Phi) is 4.85. The molecule has 6 heavy (non-hydrogen) atoms. The number of rotatable bonds is 3. The highest BCUT2D eigenvalue weighted by molar-refractivity contribution is 4.19. The second-order valence-electron chi connectivity index (χ2n) is 0.720. The largest absolute Gasteiger partial charge is 0.344 e. The summed E-state index contributed by atoms with van der Waals surface area (Å²) in [6.07, 6.45) is 0. The first kappa shape index (κ1) is 5.92. The van der Waals surface area contributed by atoms with Gasteiger partial charge in [0.25, 0.3) is 6.79 Å². The fourth-order valence-corrected chi connectivity index (χ4v) is 0.118. The molecule has 0 fully saturated rings. The molecule has 2 heteroatoms. The second-order valence-corrected chi connectivity index (χ2v) is 0.720. The van der Waals surface area contributed by atoms with Crippen LogP contribution in [0.2, 0.25) is 0 Å². The van der Waals surface area contributed by atoms with Gasteiger partial charge in [-0.2, -0.15) is 0 Å². The second kappa shape index (κ2) is 4.92. The highest BCUT2D eigenvalue weighted by Crippen LogP contribution is 1.76. The normalized spacial score (nSPS) is 9.00. The van der Waals surface area contributed by atoms with E-state index in [4.69, 9.17) is 0 Å². The lowest BCUT2D eigenvalue weighted by molar-refractivity contribution is 0.0537. The van der Waals surface area contributed by atoms with E-state index in [-0.39, 0.29) is 0 Å². The van der Waals surface area contributed by atoms with Crippen molar-refractivity contribution in [2.75, 3.05) is 13.7 Å². The maximum absolute atomic E-state index is 4.51. The Morgan fingerprint density at radius 2 is 2.33 bits per heavy atom. The van der Waals surface area contributed by atoms with Gasteiger partial charge in [-0.3, -0.25) is 0 Å². The Balaban J connectivity index is 2.34. The zero-order valence-corrected chi connectivity index (χ0v) is 4.02. The van der Waals surface area contributed by atoms with Gasteiger partial charge in [0, 0.05) is 13.7 Å². The third-order valence-electron chi connectivity index (χ3n) is 0.287. The molecule has 0 N–H and O–H groups in total. The maximum Gasteiger partial charge on any atom is 0.291 e. The molecule has 0 aliphatic rings. The molecule has 0 aromatic carbocycles. The van der Waals surface area contributed by atoms with Crippen LogP contribution in [0.15, 0.2) is 0 Å². The Morgan fingerprint density at radius 3 is 2.50 bits per heavy atom. The Labute approximate surface area is 38.1 Å². The van der Waals surface area contributed by atoms with Crippen LogP contribution < -0.4 is 0 Å². The van der Waals surface area contributed by atoms with Gasteiger partial charge in [0.2, 0.25) is 0 Å². The van der Waals surface area contributed by atoms with Gasteiger partial charge >= 0.3 is 0 Å². The number of methoxy groups -OCH3 is 1. The quantitative estimate of drug-likeness (QED) is 0.472. The number of hydrogen-bond acceptors (Lipinski definition) is 2. The van der Waals surface area contributed by atoms with Gasteiger partial charge in [-0.25, -0.2) is 0 Å². The van der Waals surface area contributed by atoms with Crippen LogP contribution in [0.3, 0.4) is 0 Å². The van der Waals surface area contributed by atoms with Gasteiger partial charge in [-0.1, -0.05) is 0 Å². The molecular weight excluding hydrogens is 80.0 g/mol. The van der Waals surface area contributed by atoms with Crippen LogP contribution in [0, 0.1) is 6.79 Å². The van der Waals surface area contributed by atoms with Crippen molar-refractivity contribution in [3.05, 3.63) is 6.79 Å². The molecule has 0 aromatic heterocycles. The Hall–Kier alpha value is -0.0800. The van der Waals surface area contributed by atoms with E-state index in [9.17, 15) is 0 Å². The van der Waals surface area contributed by atoms with Crippen molar-refractivity contribution in [1.29, 1.82) is 0 Å². The molecule has 0 heterocycles. The molecule has 2 nitrogen and oxygen atoms in total. The van der Waals surface area contributed by atoms with Crippen LogP contribution in [0.25, 0.3) is 0 Å². The lowest BCUT2D eigenvalue weighted by Crippen LogP contribution is -1.85. The molecule has 0 amide bonds. The van der Waals surface area contributed by atoms with Gasteiger partial charge in [0.15, 0.2) is 0 Å². The highest BCUT2D eigenvalue weighted by atomic mass is 16.7.